The summed E-state index contributed by atoms with van der Waals surface area (Å²) < 4.78 is 5.34. The van der Waals surface area contributed by atoms with Crippen LogP contribution in [0.3, 0.4) is 0 Å². The monoisotopic (exact) mass is 345 g/mol. The number of nitrogens with zero attached hydrogens (tertiary/aromatic N) is 1. The number of anilines is 1. The molecule has 6 heteroatoms. The predicted molar refractivity (Wildman–Crippen MR) is 96.7 cm³/mol. The molecule has 0 aromatic heterocycles. The number of amides is 2. The third-order valence-corrected chi connectivity index (χ3v) is 5.37. The molecule has 1 aromatic carbocycles. The number of ether oxygens (including phenoxy) is 1. The average Bonchev–Trinajstić information content (AvgIpc) is 3.02. The quantitative estimate of drug-likeness (QED) is 0.850. The molecular weight excluding hydrogens is 318 g/mol. The molecule has 1 unspecified atom stereocenters. The maximum absolute atomic E-state index is 12.6. The number of carbonyl (C=O) groups excluding carboxylic acids is 2. The summed E-state index contributed by atoms with van der Waals surface area (Å²) in [6, 6.07) is 7.42. The Balaban J connectivity index is 1.61. The van der Waals surface area contributed by atoms with Crippen molar-refractivity contribution in [1.82, 2.24) is 10.6 Å². The van der Waals surface area contributed by atoms with Gasteiger partial charge in [0.2, 0.25) is 11.8 Å². The van der Waals surface area contributed by atoms with Crippen LogP contribution >= 0.6 is 0 Å². The number of methoxy groups -OCH3 is 1. The van der Waals surface area contributed by atoms with Gasteiger partial charge >= 0.3 is 0 Å². The van der Waals surface area contributed by atoms with Gasteiger partial charge < -0.3 is 20.3 Å². The zero-order valence-electron chi connectivity index (χ0n) is 15.0. The molecule has 2 fully saturated rings. The summed E-state index contributed by atoms with van der Waals surface area (Å²) >= 11 is 0. The Bertz CT molecular complexity index is 641. The lowest BCUT2D eigenvalue weighted by atomic mass is 9.81. The van der Waals surface area contributed by atoms with Crippen LogP contribution in [0.15, 0.2) is 24.3 Å². The first-order chi connectivity index (χ1) is 12.0. The molecule has 0 saturated carbocycles. The highest BCUT2D eigenvalue weighted by Crippen LogP contribution is 2.33. The molecule has 1 aromatic rings. The average molecular weight is 345 g/mol. The predicted octanol–water partition coefficient (Wildman–Crippen LogP) is 1.55. The molecule has 2 amide bonds. The first-order valence-corrected chi connectivity index (χ1v) is 8.94. The number of piperidine rings is 1. The largest absolute Gasteiger partial charge is 0.495 e. The molecule has 0 bridgehead atoms. The van der Waals surface area contributed by atoms with Gasteiger partial charge in [-0.2, -0.15) is 0 Å². The second-order valence-corrected chi connectivity index (χ2v) is 7.36. The number of hydrogen-bond donors (Lipinski definition) is 2. The van der Waals surface area contributed by atoms with Crippen LogP contribution in [0.1, 0.15) is 26.2 Å². The minimum Gasteiger partial charge on any atom is -0.495 e. The van der Waals surface area contributed by atoms with E-state index < -0.39 is 0 Å². The molecule has 2 N–H and O–H groups in total. The van der Waals surface area contributed by atoms with E-state index in [9.17, 15) is 9.59 Å². The van der Waals surface area contributed by atoms with E-state index in [0.717, 1.165) is 31.6 Å². The molecule has 2 aliphatic heterocycles. The normalized spacial score (nSPS) is 22.7. The third kappa shape index (κ3) is 3.95. The Morgan fingerprint density at radius 1 is 1.36 bits per heavy atom. The number of nitrogens with one attached hydrogen (secondary N) is 2. The van der Waals surface area contributed by atoms with E-state index in [-0.39, 0.29) is 29.6 Å². The van der Waals surface area contributed by atoms with Gasteiger partial charge in [-0.3, -0.25) is 9.59 Å². The fraction of sp³-hybridized carbons (Fsp3) is 0.579. The van der Waals surface area contributed by atoms with Crippen molar-refractivity contribution in [3.63, 3.8) is 0 Å². The van der Waals surface area contributed by atoms with Crippen molar-refractivity contribution >= 4 is 17.5 Å². The van der Waals surface area contributed by atoms with Crippen LogP contribution in [-0.4, -0.2) is 45.1 Å². The highest BCUT2D eigenvalue weighted by molar-refractivity contribution is 6.01. The minimum atomic E-state index is -0.303. The van der Waals surface area contributed by atoms with Crippen LogP contribution in [0.5, 0.6) is 5.75 Å². The van der Waals surface area contributed by atoms with Crippen LogP contribution in [0.4, 0.5) is 5.69 Å². The van der Waals surface area contributed by atoms with Crippen molar-refractivity contribution in [2.45, 2.75) is 26.2 Å². The summed E-state index contributed by atoms with van der Waals surface area (Å²) in [4.78, 5) is 26.6. The zero-order valence-corrected chi connectivity index (χ0v) is 15.0. The molecule has 0 radical (unpaired) electrons. The molecule has 25 heavy (non-hydrogen) atoms. The third-order valence-electron chi connectivity index (χ3n) is 5.37. The highest BCUT2D eigenvalue weighted by Gasteiger charge is 2.37. The molecule has 2 saturated heterocycles. The van der Waals surface area contributed by atoms with Gasteiger partial charge in [-0.05, 0) is 43.5 Å². The van der Waals surface area contributed by atoms with E-state index in [1.54, 1.807) is 12.0 Å². The van der Waals surface area contributed by atoms with Gasteiger partial charge in [0, 0.05) is 19.5 Å². The summed E-state index contributed by atoms with van der Waals surface area (Å²) in [5, 5.41) is 6.43. The Labute approximate surface area is 148 Å². The lowest BCUT2D eigenvalue weighted by Crippen LogP contribution is -2.44. The van der Waals surface area contributed by atoms with E-state index in [2.05, 4.69) is 17.6 Å². The van der Waals surface area contributed by atoms with E-state index in [1.807, 2.05) is 24.3 Å². The number of para-hydroxylation sites is 2. The molecule has 2 heterocycles. The number of rotatable bonds is 5. The number of hydrogen-bond acceptors (Lipinski definition) is 4. The van der Waals surface area contributed by atoms with E-state index in [0.29, 0.717) is 18.8 Å². The van der Waals surface area contributed by atoms with Crippen molar-refractivity contribution in [3.05, 3.63) is 24.3 Å². The van der Waals surface area contributed by atoms with Gasteiger partial charge in [0.05, 0.1) is 18.7 Å². The second-order valence-electron chi connectivity index (χ2n) is 7.36. The fourth-order valence-electron chi connectivity index (χ4n) is 3.62. The van der Waals surface area contributed by atoms with Crippen LogP contribution < -0.4 is 20.3 Å². The summed E-state index contributed by atoms with van der Waals surface area (Å²) in [5.74, 6) is 0.296. The van der Waals surface area contributed by atoms with Gasteiger partial charge in [-0.25, -0.2) is 0 Å². The van der Waals surface area contributed by atoms with E-state index in [1.165, 1.54) is 0 Å². The number of carbonyl (C=O) groups is 2. The van der Waals surface area contributed by atoms with Gasteiger partial charge in [0.15, 0.2) is 0 Å². The molecule has 0 spiro atoms. The molecule has 2 aliphatic rings. The first kappa shape index (κ1) is 17.7. The van der Waals surface area contributed by atoms with Crippen LogP contribution in [-0.2, 0) is 9.59 Å². The zero-order chi connectivity index (χ0) is 17.9. The highest BCUT2D eigenvalue weighted by atomic mass is 16.5. The smallest absolute Gasteiger partial charge is 0.227 e. The Hall–Kier alpha value is -2.08. The summed E-state index contributed by atoms with van der Waals surface area (Å²) in [7, 11) is 1.59. The van der Waals surface area contributed by atoms with Crippen molar-refractivity contribution in [2.75, 3.05) is 38.2 Å². The van der Waals surface area contributed by atoms with Crippen molar-refractivity contribution in [3.8, 4) is 5.75 Å². The Morgan fingerprint density at radius 3 is 2.80 bits per heavy atom. The molecular formula is C19H27N3O3. The Kier molecular flexibility index (Phi) is 5.27. The van der Waals surface area contributed by atoms with E-state index in [4.69, 9.17) is 4.74 Å². The van der Waals surface area contributed by atoms with Crippen molar-refractivity contribution in [2.24, 2.45) is 11.3 Å². The summed E-state index contributed by atoms with van der Waals surface area (Å²) in [5.41, 5.74) is 0.877. The van der Waals surface area contributed by atoms with Crippen LogP contribution in [0.25, 0.3) is 0 Å². The van der Waals surface area contributed by atoms with E-state index >= 15 is 0 Å². The molecule has 0 aliphatic carbocycles. The van der Waals surface area contributed by atoms with Crippen molar-refractivity contribution in [1.29, 1.82) is 0 Å². The lowest BCUT2D eigenvalue weighted by Gasteiger charge is -2.34. The molecule has 1 atom stereocenters. The summed E-state index contributed by atoms with van der Waals surface area (Å²) in [6.07, 6.45) is 2.37. The molecule has 136 valence electrons. The van der Waals surface area contributed by atoms with Crippen molar-refractivity contribution < 1.29 is 14.3 Å². The maximum atomic E-state index is 12.6. The SMILES string of the molecule is COc1ccccc1N1CC(C(=O)NCC2(C)CCNCC2)CC1=O. The molecule has 6 nitrogen and oxygen atoms in total. The second kappa shape index (κ2) is 7.44. The van der Waals surface area contributed by atoms with Gasteiger partial charge in [0.25, 0.3) is 0 Å². The standard InChI is InChI=1S/C19H27N3O3/c1-19(7-9-20-10-8-19)13-21-18(24)14-11-17(23)22(12-14)15-5-3-4-6-16(15)25-2/h3-6,14,20H,7-13H2,1-2H3,(H,21,24). The van der Waals surface area contributed by atoms with Gasteiger partial charge in [-0.15, -0.1) is 0 Å². The summed E-state index contributed by atoms with van der Waals surface area (Å²) in [6.45, 7) is 5.29. The Morgan fingerprint density at radius 2 is 2.08 bits per heavy atom. The minimum absolute atomic E-state index is 0.0227. The van der Waals surface area contributed by atoms with Crippen LogP contribution in [0.2, 0.25) is 0 Å². The molecule has 3 rings (SSSR count). The first-order valence-electron chi connectivity index (χ1n) is 8.94. The fourth-order valence-corrected chi connectivity index (χ4v) is 3.62. The maximum Gasteiger partial charge on any atom is 0.227 e. The van der Waals surface area contributed by atoms with Crippen LogP contribution in [0, 0.1) is 11.3 Å². The lowest BCUT2D eigenvalue weighted by molar-refractivity contribution is -0.126. The topological polar surface area (TPSA) is 70.7 Å². The van der Waals surface area contributed by atoms with Gasteiger partial charge in [-0.1, -0.05) is 19.1 Å². The van der Waals surface area contributed by atoms with Gasteiger partial charge in [0.1, 0.15) is 5.75 Å². The number of benzene rings is 1.